The molecule has 4 aromatic carbocycles. The number of aromatic nitrogens is 1. The Morgan fingerprint density at radius 1 is 0.705 bits per heavy atom. The fraction of sp³-hybridized carbons (Fsp3) is 0.308. The summed E-state index contributed by atoms with van der Waals surface area (Å²) in [6, 6.07) is 38.3. The molecule has 8 rings (SSSR count). The fourth-order valence-electron chi connectivity index (χ4n) is 7.32. The molecule has 2 nitrogen and oxygen atoms in total. The average Bonchev–Trinajstić information content (AvgIpc) is 3.48. The quantitative estimate of drug-likeness (QED) is 0.131. The first-order chi connectivity index (χ1) is 21.2. The van der Waals surface area contributed by atoms with E-state index in [1.54, 1.807) is 0 Å². The van der Waals surface area contributed by atoms with Gasteiger partial charge >= 0.3 is 0 Å². The van der Waals surface area contributed by atoms with Crippen molar-refractivity contribution in [1.29, 1.82) is 0 Å². The van der Waals surface area contributed by atoms with Crippen LogP contribution in [0.1, 0.15) is 64.2 Å². The summed E-state index contributed by atoms with van der Waals surface area (Å²) < 4.78 is 17.1. The first-order valence-corrected chi connectivity index (χ1v) is 18.6. The Morgan fingerprint density at radius 3 is 2.11 bits per heavy atom. The van der Waals surface area contributed by atoms with Crippen LogP contribution in [0.5, 0.6) is 0 Å². The van der Waals surface area contributed by atoms with Gasteiger partial charge in [-0.05, 0) is 53.6 Å². The fourth-order valence-corrected chi connectivity index (χ4v) is 12.8. The van der Waals surface area contributed by atoms with Gasteiger partial charge in [-0.2, -0.15) is 11.3 Å². The van der Waals surface area contributed by atoms with Gasteiger partial charge in [0.05, 0.1) is 0 Å². The van der Waals surface area contributed by atoms with Crippen LogP contribution >= 0.6 is 18.5 Å². The number of hydrogen-bond donors (Lipinski definition) is 0. The van der Waals surface area contributed by atoms with Crippen LogP contribution in [0.2, 0.25) is 0 Å². The molecule has 6 aromatic rings. The average molecular weight is 792 g/mol. The van der Waals surface area contributed by atoms with Gasteiger partial charge in [0.15, 0.2) is 0 Å². The summed E-state index contributed by atoms with van der Waals surface area (Å²) >= 11 is 1.81. The molecule has 2 aromatic heterocycles. The number of fused-ring (bicyclic) bond motifs is 4. The van der Waals surface area contributed by atoms with E-state index in [0.29, 0.717) is 11.3 Å². The van der Waals surface area contributed by atoms with E-state index in [4.69, 9.17) is 0 Å². The second-order valence-corrected chi connectivity index (χ2v) is 16.5. The van der Waals surface area contributed by atoms with E-state index < -0.39 is 7.14 Å². The zero-order valence-electron chi connectivity index (χ0n) is 25.0. The summed E-state index contributed by atoms with van der Waals surface area (Å²) in [5.74, 6) is 0. The molecule has 1 radical (unpaired) electrons. The molecule has 0 N–H and O–H groups in total. The predicted octanol–water partition coefficient (Wildman–Crippen LogP) is 11.2. The standard InChI is InChI=1S/C22H28OP.C17H10NS.Ir/c23-24(20-11-3-1-4-12-20,21-13-5-2-6-14-21)22-16-15-18-9-7-8-10-19(18)17-22;1-2-10-16-12(6-1)13-7-5-8-14(17(13)19-16)15-9-3-4-11-18-15;/h7-10,15-16,20-21H,1-6,11-14H2;1-7,9-11H;/q2*-1;. The van der Waals surface area contributed by atoms with Crippen LogP contribution in [-0.4, -0.2) is 16.3 Å². The van der Waals surface area contributed by atoms with E-state index in [1.165, 1.54) is 64.1 Å². The molecule has 5 heteroatoms. The van der Waals surface area contributed by atoms with Gasteiger partial charge in [0, 0.05) is 42.3 Å². The van der Waals surface area contributed by atoms with Crippen molar-refractivity contribution in [3.63, 3.8) is 0 Å². The van der Waals surface area contributed by atoms with E-state index in [9.17, 15) is 4.57 Å². The normalized spacial score (nSPS) is 16.4. The number of pyridine rings is 1. The van der Waals surface area contributed by atoms with Crippen molar-refractivity contribution >= 4 is 54.7 Å². The molecule has 2 aliphatic rings. The second kappa shape index (κ2) is 14.2. The summed E-state index contributed by atoms with van der Waals surface area (Å²) in [7, 11) is -2.38. The van der Waals surface area contributed by atoms with Gasteiger partial charge in [-0.15, -0.1) is 64.9 Å². The molecule has 0 spiro atoms. The van der Waals surface area contributed by atoms with Gasteiger partial charge < -0.3 is 9.55 Å². The number of thiophene rings is 1. The van der Waals surface area contributed by atoms with Crippen LogP contribution in [0.3, 0.4) is 0 Å². The topological polar surface area (TPSA) is 30.0 Å². The van der Waals surface area contributed by atoms with Gasteiger partial charge in [-0.3, -0.25) is 0 Å². The second-order valence-electron chi connectivity index (χ2n) is 12.1. The minimum atomic E-state index is -2.38. The molecule has 0 unspecified atom stereocenters. The maximum absolute atomic E-state index is 14.5. The van der Waals surface area contributed by atoms with Crippen LogP contribution in [0.25, 0.3) is 42.2 Å². The Morgan fingerprint density at radius 2 is 1.39 bits per heavy atom. The third kappa shape index (κ3) is 6.25. The summed E-state index contributed by atoms with van der Waals surface area (Å²) in [5.41, 5.74) is 2.90. The summed E-state index contributed by atoms with van der Waals surface area (Å²) in [5, 5.41) is 6.00. The van der Waals surface area contributed by atoms with Crippen LogP contribution in [0.4, 0.5) is 0 Å². The predicted molar refractivity (Wildman–Crippen MR) is 185 cm³/mol. The molecule has 44 heavy (non-hydrogen) atoms. The first kappa shape index (κ1) is 31.4. The molecule has 0 bridgehead atoms. The molecule has 2 aliphatic carbocycles. The third-order valence-corrected chi connectivity index (χ3v) is 14.9. The number of benzene rings is 4. The molecule has 0 aliphatic heterocycles. The molecular formula is C39H38IrNOPS-2. The molecular weight excluding hydrogens is 754 g/mol. The zero-order valence-corrected chi connectivity index (χ0v) is 29.1. The largest absolute Gasteiger partial charge is 0.320 e. The van der Waals surface area contributed by atoms with Crippen molar-refractivity contribution in [3.05, 3.63) is 109 Å². The molecule has 227 valence electrons. The summed E-state index contributed by atoms with van der Waals surface area (Å²) in [6.07, 6.45) is 14.2. The maximum atomic E-state index is 14.5. The number of nitrogens with zero attached hydrogens (tertiary/aromatic N) is 1. The molecule has 0 saturated heterocycles. The summed E-state index contributed by atoms with van der Waals surface area (Å²) in [4.78, 5) is 4.44. The van der Waals surface area contributed by atoms with E-state index in [1.807, 2.05) is 41.8 Å². The van der Waals surface area contributed by atoms with Crippen LogP contribution in [0.15, 0.2) is 97.2 Å². The van der Waals surface area contributed by atoms with Crippen LogP contribution in [0, 0.1) is 12.1 Å². The molecule has 2 fully saturated rings. The minimum absolute atomic E-state index is 0. The Bertz CT molecular complexity index is 1870. The van der Waals surface area contributed by atoms with Crippen LogP contribution < -0.4 is 5.30 Å². The van der Waals surface area contributed by atoms with E-state index in [0.717, 1.165) is 47.6 Å². The number of hydrogen-bond acceptors (Lipinski definition) is 3. The van der Waals surface area contributed by atoms with Crippen molar-refractivity contribution in [3.8, 4) is 11.3 Å². The summed E-state index contributed by atoms with van der Waals surface area (Å²) in [6.45, 7) is 0. The van der Waals surface area contributed by atoms with Crippen molar-refractivity contribution in [2.75, 3.05) is 0 Å². The van der Waals surface area contributed by atoms with E-state index >= 15 is 0 Å². The molecule has 2 saturated carbocycles. The van der Waals surface area contributed by atoms with Gasteiger partial charge in [0.1, 0.15) is 7.14 Å². The van der Waals surface area contributed by atoms with Gasteiger partial charge in [0.25, 0.3) is 0 Å². The third-order valence-electron chi connectivity index (χ3n) is 9.51. The number of rotatable bonds is 4. The first-order valence-electron chi connectivity index (χ1n) is 16.0. The van der Waals surface area contributed by atoms with Crippen molar-refractivity contribution in [1.82, 2.24) is 4.98 Å². The van der Waals surface area contributed by atoms with Gasteiger partial charge in [-0.1, -0.05) is 91.7 Å². The Kier molecular flexibility index (Phi) is 10.1. The van der Waals surface area contributed by atoms with E-state index in [-0.39, 0.29) is 20.1 Å². The smallest absolute Gasteiger partial charge is 0.104 e. The SMILES string of the molecule is O=P(c1[c-]c2ccccc2cc1)(C1CCCCC1)C1CCCCC1.[Ir].[c-]1ccc2c(sc3ccccc32)c1-c1ccccn1. The maximum Gasteiger partial charge on any atom is 0.104 e. The molecule has 0 atom stereocenters. The van der Waals surface area contributed by atoms with Gasteiger partial charge in [-0.25, -0.2) is 0 Å². The Hall–Kier alpha value is -2.61. The Balaban J connectivity index is 0.000000156. The van der Waals surface area contributed by atoms with Crippen LogP contribution in [-0.2, 0) is 24.7 Å². The van der Waals surface area contributed by atoms with Crippen molar-refractivity contribution in [2.24, 2.45) is 0 Å². The van der Waals surface area contributed by atoms with Crippen molar-refractivity contribution in [2.45, 2.75) is 75.5 Å². The molecule has 0 amide bonds. The van der Waals surface area contributed by atoms with E-state index in [2.05, 4.69) is 83.8 Å². The molecule has 2 heterocycles. The minimum Gasteiger partial charge on any atom is -0.320 e. The van der Waals surface area contributed by atoms with Crippen molar-refractivity contribution < 1.29 is 24.7 Å². The Labute approximate surface area is 279 Å². The zero-order chi connectivity index (χ0) is 29.1. The monoisotopic (exact) mass is 792 g/mol. The van der Waals surface area contributed by atoms with Gasteiger partial charge in [0.2, 0.25) is 0 Å².